The Kier molecular flexibility index (Phi) is 6.31. The van der Waals surface area contributed by atoms with Gasteiger partial charge < -0.3 is 14.2 Å². The lowest BCUT2D eigenvalue weighted by atomic mass is 9.99. The van der Waals surface area contributed by atoms with Gasteiger partial charge in [-0.15, -0.1) is 0 Å². The van der Waals surface area contributed by atoms with Crippen molar-refractivity contribution in [3.05, 3.63) is 93.2 Å². The topological polar surface area (TPSA) is 48.0 Å². The number of carbonyl (C=O) groups excluding carboxylic acids is 1. The lowest BCUT2D eigenvalue weighted by molar-refractivity contribution is 0.0954. The van der Waals surface area contributed by atoms with Crippen LogP contribution in [0, 0.1) is 6.92 Å². The first-order valence-electron chi connectivity index (χ1n) is 11.5. The van der Waals surface area contributed by atoms with E-state index < -0.39 is 0 Å². The molecule has 0 bridgehead atoms. The van der Waals surface area contributed by atoms with Crippen LogP contribution in [0.1, 0.15) is 39.5 Å². The molecule has 0 unspecified atom stereocenters. The van der Waals surface area contributed by atoms with Crippen LogP contribution in [0.5, 0.6) is 17.2 Å². The van der Waals surface area contributed by atoms with Crippen molar-refractivity contribution in [2.45, 2.75) is 26.8 Å². The first kappa shape index (κ1) is 22.5. The summed E-state index contributed by atoms with van der Waals surface area (Å²) in [5.74, 6) is 2.29. The minimum absolute atomic E-state index is 0.120. The third-order valence-corrected chi connectivity index (χ3v) is 6.39. The summed E-state index contributed by atoms with van der Waals surface area (Å²) < 4.78 is 17.9. The molecule has 0 spiro atoms. The van der Waals surface area contributed by atoms with Crippen molar-refractivity contribution >= 4 is 23.5 Å². The number of halogens is 1. The second-order valence-electron chi connectivity index (χ2n) is 8.48. The number of nitrogens with zero attached hydrogens (tertiary/aromatic N) is 1. The maximum Gasteiger partial charge on any atom is 0.231 e. The quantitative estimate of drug-likeness (QED) is 0.406. The highest BCUT2D eigenvalue weighted by atomic mass is 35.5. The number of rotatable bonds is 6. The summed E-state index contributed by atoms with van der Waals surface area (Å²) in [5.41, 5.74) is 4.49. The first-order chi connectivity index (χ1) is 16.5. The number of Topliss-reactive ketones (excluding diaryl/α,β-unsaturated/α-hetero) is 1. The maximum absolute atomic E-state index is 13.2. The van der Waals surface area contributed by atoms with Gasteiger partial charge in [0, 0.05) is 34.8 Å². The van der Waals surface area contributed by atoms with E-state index in [-0.39, 0.29) is 5.78 Å². The molecule has 2 aliphatic heterocycles. The van der Waals surface area contributed by atoms with E-state index in [0.717, 1.165) is 52.7 Å². The molecule has 0 aliphatic carbocycles. The van der Waals surface area contributed by atoms with Crippen LogP contribution in [-0.4, -0.2) is 30.6 Å². The van der Waals surface area contributed by atoms with Crippen molar-refractivity contribution in [3.8, 4) is 17.2 Å². The molecule has 0 N–H and O–H groups in total. The molecule has 5 nitrogen and oxygen atoms in total. The standard InChI is InChI=1S/C28H26ClNO4/c1-3-32-24-7-5-4-6-20(24)15-25-26(31)23-14-21-16-30(13-12-19-8-10-22(29)11-9-19)17-33-27(21)18(2)28(23)34-25/h4-11,14-15H,3,12-13,16-17H2,1-2H3/b25-15-. The van der Waals surface area contributed by atoms with Crippen LogP contribution in [0.3, 0.4) is 0 Å². The third-order valence-electron chi connectivity index (χ3n) is 6.14. The fraction of sp³-hybridized carbons (Fsp3) is 0.250. The molecule has 5 rings (SSSR count). The Morgan fingerprint density at radius 1 is 1.12 bits per heavy atom. The fourth-order valence-corrected chi connectivity index (χ4v) is 4.53. The first-order valence-corrected chi connectivity index (χ1v) is 11.8. The molecule has 0 atom stereocenters. The lowest BCUT2D eigenvalue weighted by Crippen LogP contribution is -2.34. The summed E-state index contributed by atoms with van der Waals surface area (Å²) >= 11 is 5.99. The van der Waals surface area contributed by atoms with Gasteiger partial charge >= 0.3 is 0 Å². The maximum atomic E-state index is 13.2. The number of allylic oxidation sites excluding steroid dienone is 1. The van der Waals surface area contributed by atoms with Crippen LogP contribution in [-0.2, 0) is 13.0 Å². The van der Waals surface area contributed by atoms with E-state index in [1.807, 2.05) is 68.4 Å². The van der Waals surface area contributed by atoms with Crippen molar-refractivity contribution in [3.63, 3.8) is 0 Å². The Bertz CT molecular complexity index is 1270. The minimum atomic E-state index is -0.120. The molecule has 0 radical (unpaired) electrons. The lowest BCUT2D eigenvalue weighted by Gasteiger charge is -2.30. The van der Waals surface area contributed by atoms with Crippen LogP contribution in [0.25, 0.3) is 6.08 Å². The Morgan fingerprint density at radius 3 is 2.71 bits per heavy atom. The summed E-state index contributed by atoms with van der Waals surface area (Å²) in [6.07, 6.45) is 2.65. The molecule has 0 aromatic heterocycles. The Labute approximate surface area is 204 Å². The third kappa shape index (κ3) is 4.41. The highest BCUT2D eigenvalue weighted by Crippen LogP contribution is 2.43. The molecule has 3 aromatic rings. The van der Waals surface area contributed by atoms with Gasteiger partial charge in [-0.05, 0) is 56.2 Å². The zero-order valence-electron chi connectivity index (χ0n) is 19.3. The van der Waals surface area contributed by atoms with Gasteiger partial charge in [0.1, 0.15) is 24.0 Å². The summed E-state index contributed by atoms with van der Waals surface area (Å²) in [6, 6.07) is 17.5. The highest BCUT2D eigenvalue weighted by Gasteiger charge is 2.33. The summed E-state index contributed by atoms with van der Waals surface area (Å²) in [6.45, 7) is 6.50. The van der Waals surface area contributed by atoms with Gasteiger partial charge in [0.25, 0.3) is 0 Å². The van der Waals surface area contributed by atoms with Gasteiger partial charge in [-0.2, -0.15) is 0 Å². The Hall–Kier alpha value is -3.28. The Balaban J connectivity index is 1.36. The number of para-hydroxylation sites is 1. The minimum Gasteiger partial charge on any atom is -0.493 e. The zero-order valence-corrected chi connectivity index (χ0v) is 20.0. The van der Waals surface area contributed by atoms with Crippen LogP contribution in [0.4, 0.5) is 0 Å². The van der Waals surface area contributed by atoms with Gasteiger partial charge in [0.15, 0.2) is 5.76 Å². The normalized spacial score (nSPS) is 16.1. The number of ether oxygens (including phenoxy) is 3. The van der Waals surface area contributed by atoms with Crippen molar-refractivity contribution < 1.29 is 19.0 Å². The monoisotopic (exact) mass is 475 g/mol. The molecule has 0 saturated carbocycles. The predicted molar refractivity (Wildman–Crippen MR) is 133 cm³/mol. The highest BCUT2D eigenvalue weighted by molar-refractivity contribution is 6.30. The summed E-state index contributed by atoms with van der Waals surface area (Å²) in [4.78, 5) is 15.5. The average Bonchev–Trinajstić information content (AvgIpc) is 3.15. The van der Waals surface area contributed by atoms with Crippen molar-refractivity contribution in [1.82, 2.24) is 4.90 Å². The van der Waals surface area contributed by atoms with E-state index in [4.69, 9.17) is 25.8 Å². The van der Waals surface area contributed by atoms with Crippen LogP contribution in [0.2, 0.25) is 5.02 Å². The molecule has 2 aliphatic rings. The molecule has 6 heteroatoms. The molecule has 3 aromatic carbocycles. The molecule has 34 heavy (non-hydrogen) atoms. The van der Waals surface area contributed by atoms with E-state index in [2.05, 4.69) is 4.90 Å². The second-order valence-corrected chi connectivity index (χ2v) is 8.92. The van der Waals surface area contributed by atoms with Gasteiger partial charge in [0.2, 0.25) is 5.78 Å². The smallest absolute Gasteiger partial charge is 0.231 e. The molecular formula is C28H26ClNO4. The van der Waals surface area contributed by atoms with Crippen LogP contribution >= 0.6 is 11.6 Å². The van der Waals surface area contributed by atoms with E-state index in [1.54, 1.807) is 6.08 Å². The van der Waals surface area contributed by atoms with Crippen LogP contribution in [0.15, 0.2) is 60.4 Å². The zero-order chi connectivity index (χ0) is 23.7. The van der Waals surface area contributed by atoms with Crippen molar-refractivity contribution in [2.24, 2.45) is 0 Å². The number of ketones is 1. The van der Waals surface area contributed by atoms with Gasteiger partial charge in [-0.3, -0.25) is 9.69 Å². The molecule has 0 amide bonds. The fourth-order valence-electron chi connectivity index (χ4n) is 4.41. The predicted octanol–water partition coefficient (Wildman–Crippen LogP) is 6.06. The van der Waals surface area contributed by atoms with Crippen LogP contribution < -0.4 is 14.2 Å². The Morgan fingerprint density at radius 2 is 1.91 bits per heavy atom. The number of hydrogen-bond donors (Lipinski definition) is 0. The molecule has 174 valence electrons. The number of hydrogen-bond acceptors (Lipinski definition) is 5. The van der Waals surface area contributed by atoms with Crippen molar-refractivity contribution in [1.29, 1.82) is 0 Å². The van der Waals surface area contributed by atoms with Gasteiger partial charge in [0.05, 0.1) is 12.2 Å². The molecule has 2 heterocycles. The van der Waals surface area contributed by atoms with E-state index in [0.29, 0.717) is 30.4 Å². The summed E-state index contributed by atoms with van der Waals surface area (Å²) in [5, 5.41) is 0.741. The van der Waals surface area contributed by atoms with Gasteiger partial charge in [-0.1, -0.05) is 41.9 Å². The number of benzene rings is 3. The molecular weight excluding hydrogens is 450 g/mol. The molecule has 0 fully saturated rings. The average molecular weight is 476 g/mol. The molecule has 0 saturated heterocycles. The summed E-state index contributed by atoms with van der Waals surface area (Å²) in [7, 11) is 0. The van der Waals surface area contributed by atoms with Crippen molar-refractivity contribution in [2.75, 3.05) is 19.9 Å². The van der Waals surface area contributed by atoms with E-state index in [9.17, 15) is 4.79 Å². The van der Waals surface area contributed by atoms with Gasteiger partial charge in [-0.25, -0.2) is 0 Å². The van der Waals surface area contributed by atoms with E-state index in [1.165, 1.54) is 5.56 Å². The number of carbonyl (C=O) groups is 1. The SMILES string of the molecule is CCOc1ccccc1/C=C1\Oc2c(cc3c(c2C)OCN(CCc2ccc(Cl)cc2)C3)C1=O. The van der Waals surface area contributed by atoms with E-state index >= 15 is 0 Å². The number of fused-ring (bicyclic) bond motifs is 2. The second kappa shape index (κ2) is 9.53. The largest absolute Gasteiger partial charge is 0.493 e.